The van der Waals surface area contributed by atoms with E-state index in [9.17, 15) is 4.79 Å². The highest BCUT2D eigenvalue weighted by molar-refractivity contribution is 5.81. The summed E-state index contributed by atoms with van der Waals surface area (Å²) >= 11 is 0. The summed E-state index contributed by atoms with van der Waals surface area (Å²) in [6.45, 7) is 6.37. The van der Waals surface area contributed by atoms with Crippen molar-refractivity contribution in [2.24, 2.45) is 17.6 Å². The second-order valence-electron chi connectivity index (χ2n) is 6.16. The van der Waals surface area contributed by atoms with Crippen molar-refractivity contribution in [3.8, 4) is 0 Å². The van der Waals surface area contributed by atoms with Gasteiger partial charge in [-0.05, 0) is 37.5 Å². The molecule has 0 aromatic heterocycles. The molecule has 1 aliphatic carbocycles. The van der Waals surface area contributed by atoms with Gasteiger partial charge in [0.25, 0.3) is 0 Å². The maximum Gasteiger partial charge on any atom is 0.237 e. The van der Waals surface area contributed by atoms with Crippen LogP contribution in [0.2, 0.25) is 0 Å². The van der Waals surface area contributed by atoms with Crippen molar-refractivity contribution in [2.45, 2.75) is 77.8 Å². The van der Waals surface area contributed by atoms with Crippen molar-refractivity contribution in [1.82, 2.24) is 5.32 Å². The van der Waals surface area contributed by atoms with E-state index in [1.807, 2.05) is 0 Å². The van der Waals surface area contributed by atoms with E-state index in [1.54, 1.807) is 0 Å². The predicted molar refractivity (Wildman–Crippen MR) is 76.2 cm³/mol. The molecule has 1 saturated carbocycles. The molecule has 106 valence electrons. The predicted octanol–water partition coefficient (Wildman–Crippen LogP) is 2.83. The summed E-state index contributed by atoms with van der Waals surface area (Å²) in [5, 5.41) is 3.18. The number of carbonyl (C=O) groups is 1. The molecular formula is C15H30N2O. The summed E-state index contributed by atoms with van der Waals surface area (Å²) in [5.41, 5.74) is 5.94. The Morgan fingerprint density at radius 2 is 1.89 bits per heavy atom. The molecule has 1 rings (SSSR count). The number of nitrogens with two attached hydrogens (primary N) is 1. The maximum atomic E-state index is 12.1. The van der Waals surface area contributed by atoms with Crippen LogP contribution in [0.25, 0.3) is 0 Å². The van der Waals surface area contributed by atoms with Crippen LogP contribution in [-0.4, -0.2) is 18.0 Å². The van der Waals surface area contributed by atoms with Crippen LogP contribution in [0.15, 0.2) is 0 Å². The number of rotatable bonds is 6. The van der Waals surface area contributed by atoms with Crippen LogP contribution in [0.5, 0.6) is 0 Å². The van der Waals surface area contributed by atoms with Crippen molar-refractivity contribution in [3.05, 3.63) is 0 Å². The zero-order valence-electron chi connectivity index (χ0n) is 12.2. The molecule has 0 aromatic carbocycles. The molecule has 3 heteroatoms. The maximum absolute atomic E-state index is 12.1. The third-order valence-corrected chi connectivity index (χ3v) is 4.05. The smallest absolute Gasteiger partial charge is 0.237 e. The topological polar surface area (TPSA) is 55.1 Å². The lowest BCUT2D eigenvalue weighted by atomic mass is 9.83. The summed E-state index contributed by atoms with van der Waals surface area (Å²) in [6.07, 6.45) is 8.30. The molecule has 0 saturated heterocycles. The van der Waals surface area contributed by atoms with E-state index >= 15 is 0 Å². The molecule has 1 amide bonds. The van der Waals surface area contributed by atoms with Gasteiger partial charge in [0.15, 0.2) is 0 Å². The van der Waals surface area contributed by atoms with Crippen LogP contribution >= 0.6 is 0 Å². The number of hydrogen-bond acceptors (Lipinski definition) is 2. The average molecular weight is 254 g/mol. The Hall–Kier alpha value is -0.570. The molecule has 0 heterocycles. The van der Waals surface area contributed by atoms with Crippen molar-refractivity contribution < 1.29 is 4.79 Å². The molecule has 0 spiro atoms. The lowest BCUT2D eigenvalue weighted by molar-refractivity contribution is -0.123. The average Bonchev–Trinajstić information content (AvgIpc) is 2.35. The Morgan fingerprint density at radius 1 is 1.28 bits per heavy atom. The van der Waals surface area contributed by atoms with Gasteiger partial charge in [0.2, 0.25) is 5.91 Å². The van der Waals surface area contributed by atoms with Gasteiger partial charge in [0.05, 0.1) is 6.04 Å². The van der Waals surface area contributed by atoms with E-state index in [1.165, 1.54) is 32.1 Å². The molecule has 0 aliphatic heterocycles. The monoisotopic (exact) mass is 254 g/mol. The number of amides is 1. The first-order chi connectivity index (χ1) is 8.54. The highest BCUT2D eigenvalue weighted by Gasteiger charge is 2.25. The third kappa shape index (κ3) is 4.97. The third-order valence-electron chi connectivity index (χ3n) is 4.05. The molecule has 1 aliphatic rings. The van der Waals surface area contributed by atoms with Gasteiger partial charge < -0.3 is 11.1 Å². The van der Waals surface area contributed by atoms with Gasteiger partial charge in [0.1, 0.15) is 0 Å². The Labute approximate surface area is 112 Å². The molecule has 2 atom stereocenters. The van der Waals surface area contributed by atoms with Gasteiger partial charge in [-0.25, -0.2) is 0 Å². The van der Waals surface area contributed by atoms with E-state index in [2.05, 4.69) is 26.1 Å². The zero-order valence-corrected chi connectivity index (χ0v) is 12.2. The summed E-state index contributed by atoms with van der Waals surface area (Å²) in [5.74, 6) is 1.18. The van der Waals surface area contributed by atoms with Crippen LogP contribution < -0.4 is 11.1 Å². The molecule has 1 fully saturated rings. The Morgan fingerprint density at radius 3 is 2.39 bits per heavy atom. The fourth-order valence-electron chi connectivity index (χ4n) is 2.99. The highest BCUT2D eigenvalue weighted by Crippen LogP contribution is 2.27. The van der Waals surface area contributed by atoms with Crippen molar-refractivity contribution in [1.29, 1.82) is 0 Å². The first-order valence-electron chi connectivity index (χ1n) is 7.60. The molecule has 0 bridgehead atoms. The van der Waals surface area contributed by atoms with E-state index in [0.717, 1.165) is 12.8 Å². The minimum atomic E-state index is -0.345. The zero-order chi connectivity index (χ0) is 13.5. The second kappa shape index (κ2) is 7.78. The normalized spacial score (nSPS) is 20.7. The lowest BCUT2D eigenvalue weighted by Gasteiger charge is -2.31. The van der Waals surface area contributed by atoms with E-state index in [-0.39, 0.29) is 11.9 Å². The largest absolute Gasteiger partial charge is 0.352 e. The lowest BCUT2D eigenvalue weighted by Crippen LogP contribution is -2.48. The SMILES string of the molecule is CCC(NC(=O)C(N)CC(C)C)C1CCCCC1. The Bertz CT molecular complexity index is 247. The molecule has 3 N–H and O–H groups in total. The summed E-state index contributed by atoms with van der Waals surface area (Å²) in [4.78, 5) is 12.1. The quantitative estimate of drug-likeness (QED) is 0.766. The Kier molecular flexibility index (Phi) is 6.69. The molecule has 0 aromatic rings. The number of carbonyl (C=O) groups excluding carboxylic acids is 1. The number of hydrogen-bond donors (Lipinski definition) is 2. The van der Waals surface area contributed by atoms with Gasteiger partial charge in [-0.15, -0.1) is 0 Å². The van der Waals surface area contributed by atoms with Crippen LogP contribution in [0.4, 0.5) is 0 Å². The van der Waals surface area contributed by atoms with Gasteiger partial charge in [-0.2, -0.15) is 0 Å². The fourth-order valence-corrected chi connectivity index (χ4v) is 2.99. The molecule has 2 unspecified atom stereocenters. The van der Waals surface area contributed by atoms with E-state index in [0.29, 0.717) is 17.9 Å². The van der Waals surface area contributed by atoms with Crippen LogP contribution in [0, 0.1) is 11.8 Å². The van der Waals surface area contributed by atoms with Crippen molar-refractivity contribution >= 4 is 5.91 Å². The van der Waals surface area contributed by atoms with Crippen LogP contribution in [-0.2, 0) is 4.79 Å². The van der Waals surface area contributed by atoms with Gasteiger partial charge in [-0.1, -0.05) is 40.0 Å². The van der Waals surface area contributed by atoms with Crippen LogP contribution in [0.3, 0.4) is 0 Å². The van der Waals surface area contributed by atoms with Gasteiger partial charge in [-0.3, -0.25) is 4.79 Å². The standard InChI is InChI=1S/C15H30N2O/c1-4-14(12-8-6-5-7-9-12)17-15(18)13(16)10-11(2)3/h11-14H,4-10,16H2,1-3H3,(H,17,18). The molecule has 3 nitrogen and oxygen atoms in total. The fraction of sp³-hybridized carbons (Fsp3) is 0.933. The summed E-state index contributed by atoms with van der Waals surface area (Å²) in [6, 6.07) is -0.0151. The first kappa shape index (κ1) is 15.5. The highest BCUT2D eigenvalue weighted by atomic mass is 16.2. The minimum Gasteiger partial charge on any atom is -0.352 e. The second-order valence-corrected chi connectivity index (χ2v) is 6.16. The van der Waals surface area contributed by atoms with Crippen molar-refractivity contribution in [3.63, 3.8) is 0 Å². The first-order valence-corrected chi connectivity index (χ1v) is 7.60. The minimum absolute atomic E-state index is 0.0427. The number of nitrogens with one attached hydrogen (secondary N) is 1. The van der Waals surface area contributed by atoms with Crippen LogP contribution in [0.1, 0.15) is 65.7 Å². The Balaban J connectivity index is 2.43. The van der Waals surface area contributed by atoms with Gasteiger partial charge >= 0.3 is 0 Å². The van der Waals surface area contributed by atoms with Crippen molar-refractivity contribution in [2.75, 3.05) is 0 Å². The summed E-state index contributed by atoms with van der Waals surface area (Å²) < 4.78 is 0. The van der Waals surface area contributed by atoms with E-state index in [4.69, 9.17) is 5.73 Å². The molecule has 18 heavy (non-hydrogen) atoms. The summed E-state index contributed by atoms with van der Waals surface area (Å²) in [7, 11) is 0. The molecular weight excluding hydrogens is 224 g/mol. The molecule has 0 radical (unpaired) electrons. The van der Waals surface area contributed by atoms with E-state index < -0.39 is 0 Å². The van der Waals surface area contributed by atoms with Gasteiger partial charge in [0, 0.05) is 6.04 Å².